The van der Waals surface area contributed by atoms with Crippen molar-refractivity contribution in [3.05, 3.63) is 35.4 Å². The number of halogens is 3. The second kappa shape index (κ2) is 8.41. The lowest BCUT2D eigenvalue weighted by molar-refractivity contribution is -0.169. The zero-order chi connectivity index (χ0) is 16.6. The van der Waals surface area contributed by atoms with Gasteiger partial charge in [-0.15, -0.1) is 0 Å². The number of carbonyl (C=O) groups excluding carboxylic acids is 2. The topological polar surface area (TPSA) is 52.6 Å². The van der Waals surface area contributed by atoms with Crippen LogP contribution in [0.3, 0.4) is 0 Å². The molecule has 22 heavy (non-hydrogen) atoms. The van der Waals surface area contributed by atoms with Crippen molar-refractivity contribution in [3.8, 4) is 0 Å². The predicted octanol–water partition coefficient (Wildman–Crippen LogP) is 2.97. The van der Waals surface area contributed by atoms with E-state index in [0.717, 1.165) is 11.1 Å². The van der Waals surface area contributed by atoms with E-state index in [9.17, 15) is 22.8 Å². The number of ether oxygens (including phenoxy) is 2. The van der Waals surface area contributed by atoms with Crippen LogP contribution in [0.15, 0.2) is 24.3 Å². The molecule has 7 heteroatoms. The Morgan fingerprint density at radius 1 is 1.09 bits per heavy atom. The molecule has 0 aliphatic heterocycles. The third-order valence-corrected chi connectivity index (χ3v) is 2.71. The van der Waals surface area contributed by atoms with Crippen molar-refractivity contribution in [2.24, 2.45) is 0 Å². The first-order valence-electron chi connectivity index (χ1n) is 6.74. The van der Waals surface area contributed by atoms with Gasteiger partial charge in [-0.05, 0) is 18.9 Å². The molecule has 0 bridgehead atoms. The fourth-order valence-corrected chi connectivity index (χ4v) is 1.68. The van der Waals surface area contributed by atoms with Crippen LogP contribution in [-0.4, -0.2) is 31.3 Å². The summed E-state index contributed by atoms with van der Waals surface area (Å²) >= 11 is 0. The van der Waals surface area contributed by atoms with Crippen LogP contribution < -0.4 is 0 Å². The van der Waals surface area contributed by atoms with E-state index < -0.39 is 31.1 Å². The van der Waals surface area contributed by atoms with Gasteiger partial charge in [0.1, 0.15) is 0 Å². The molecule has 1 aromatic carbocycles. The molecule has 0 aromatic heterocycles. The molecule has 0 aliphatic carbocycles. The zero-order valence-electron chi connectivity index (χ0n) is 12.1. The van der Waals surface area contributed by atoms with Crippen LogP contribution in [0.2, 0.25) is 0 Å². The third-order valence-electron chi connectivity index (χ3n) is 2.71. The van der Waals surface area contributed by atoms with Gasteiger partial charge in [0, 0.05) is 12.8 Å². The minimum Gasteiger partial charge on any atom is -0.457 e. The molecule has 122 valence electrons. The van der Waals surface area contributed by atoms with E-state index in [0.29, 0.717) is 6.42 Å². The molecule has 4 nitrogen and oxygen atoms in total. The molecule has 1 aromatic rings. The maximum atomic E-state index is 11.9. The van der Waals surface area contributed by atoms with Gasteiger partial charge in [-0.1, -0.05) is 29.8 Å². The van der Waals surface area contributed by atoms with Gasteiger partial charge in [-0.2, -0.15) is 13.2 Å². The van der Waals surface area contributed by atoms with Gasteiger partial charge in [0.25, 0.3) is 0 Å². The largest absolute Gasteiger partial charge is 0.457 e. The highest BCUT2D eigenvalue weighted by Crippen LogP contribution is 2.21. The summed E-state index contributed by atoms with van der Waals surface area (Å²) < 4.78 is 44.7. The van der Waals surface area contributed by atoms with E-state index in [2.05, 4.69) is 4.74 Å². The van der Waals surface area contributed by atoms with E-state index in [4.69, 9.17) is 4.74 Å². The lowest BCUT2D eigenvalue weighted by atomic mass is 10.1. The first-order valence-corrected chi connectivity index (χ1v) is 6.74. The molecule has 0 unspecified atom stereocenters. The molecule has 0 saturated heterocycles. The zero-order valence-corrected chi connectivity index (χ0v) is 12.1. The molecular formula is C15H17F3O4. The number of aryl methyl sites for hydroxylation is 1. The highest BCUT2D eigenvalue weighted by Gasteiger charge is 2.26. The normalized spacial score (nSPS) is 11.1. The van der Waals surface area contributed by atoms with Crippen LogP contribution in [0, 0.1) is 6.92 Å². The molecule has 0 spiro atoms. The SMILES string of the molecule is Cc1cccc(CCOC(=O)C(=O)OCCCC(F)(F)F)c1. The molecule has 0 N–H and O–H groups in total. The van der Waals surface area contributed by atoms with Crippen LogP contribution in [0.1, 0.15) is 24.0 Å². The van der Waals surface area contributed by atoms with Crippen molar-refractivity contribution in [1.29, 1.82) is 0 Å². The van der Waals surface area contributed by atoms with E-state index in [1.807, 2.05) is 31.2 Å². The van der Waals surface area contributed by atoms with Crippen molar-refractivity contribution < 1.29 is 32.2 Å². The first-order chi connectivity index (χ1) is 10.3. The summed E-state index contributed by atoms with van der Waals surface area (Å²) in [5, 5.41) is 0. The van der Waals surface area contributed by atoms with E-state index >= 15 is 0 Å². The average molecular weight is 318 g/mol. The molecule has 0 atom stereocenters. The van der Waals surface area contributed by atoms with Crippen LogP contribution in [0.25, 0.3) is 0 Å². The Labute approximate surface area is 126 Å². The van der Waals surface area contributed by atoms with E-state index in [-0.39, 0.29) is 13.0 Å². The smallest absolute Gasteiger partial charge is 0.417 e. The van der Waals surface area contributed by atoms with Gasteiger partial charge in [0.05, 0.1) is 13.2 Å². The molecule has 0 radical (unpaired) electrons. The van der Waals surface area contributed by atoms with Crippen LogP contribution >= 0.6 is 0 Å². The van der Waals surface area contributed by atoms with Crippen LogP contribution in [-0.2, 0) is 25.5 Å². The number of esters is 2. The fourth-order valence-electron chi connectivity index (χ4n) is 1.68. The summed E-state index contributed by atoms with van der Waals surface area (Å²) in [4.78, 5) is 22.5. The van der Waals surface area contributed by atoms with Gasteiger partial charge in [-0.3, -0.25) is 0 Å². The lowest BCUT2D eigenvalue weighted by Gasteiger charge is -2.07. The summed E-state index contributed by atoms with van der Waals surface area (Å²) in [7, 11) is 0. The average Bonchev–Trinajstić information content (AvgIpc) is 2.42. The van der Waals surface area contributed by atoms with Gasteiger partial charge in [-0.25, -0.2) is 9.59 Å². The van der Waals surface area contributed by atoms with Crippen LogP contribution in [0.5, 0.6) is 0 Å². The molecule has 1 rings (SSSR count). The van der Waals surface area contributed by atoms with Gasteiger partial charge >= 0.3 is 18.1 Å². The van der Waals surface area contributed by atoms with E-state index in [1.54, 1.807) is 0 Å². The Hall–Kier alpha value is -2.05. The van der Waals surface area contributed by atoms with Gasteiger partial charge < -0.3 is 9.47 Å². The van der Waals surface area contributed by atoms with E-state index in [1.165, 1.54) is 0 Å². The Morgan fingerprint density at radius 3 is 2.32 bits per heavy atom. The maximum Gasteiger partial charge on any atom is 0.417 e. The van der Waals surface area contributed by atoms with Crippen LogP contribution in [0.4, 0.5) is 13.2 Å². The van der Waals surface area contributed by atoms with Gasteiger partial charge in [0.15, 0.2) is 0 Å². The minimum absolute atomic E-state index is 0.0000617. The Balaban J connectivity index is 2.20. The second-order valence-corrected chi connectivity index (χ2v) is 4.73. The van der Waals surface area contributed by atoms with Crippen molar-refractivity contribution in [3.63, 3.8) is 0 Å². The quantitative estimate of drug-likeness (QED) is 0.460. The highest BCUT2D eigenvalue weighted by molar-refractivity contribution is 6.29. The van der Waals surface area contributed by atoms with Crippen molar-refractivity contribution in [1.82, 2.24) is 0 Å². The summed E-state index contributed by atoms with van der Waals surface area (Å²) in [5.74, 6) is -2.47. The monoisotopic (exact) mass is 318 g/mol. The second-order valence-electron chi connectivity index (χ2n) is 4.73. The number of hydrogen-bond donors (Lipinski definition) is 0. The van der Waals surface area contributed by atoms with Crippen molar-refractivity contribution in [2.75, 3.05) is 13.2 Å². The minimum atomic E-state index is -4.30. The molecule has 0 aliphatic rings. The summed E-state index contributed by atoms with van der Waals surface area (Å²) in [5.41, 5.74) is 2.01. The number of rotatable bonds is 6. The maximum absolute atomic E-state index is 11.9. The molecule has 0 saturated carbocycles. The summed E-state index contributed by atoms with van der Waals surface area (Å²) in [6, 6.07) is 7.56. The highest BCUT2D eigenvalue weighted by atomic mass is 19.4. The Kier molecular flexibility index (Phi) is 6.88. The third kappa shape index (κ3) is 7.66. The van der Waals surface area contributed by atoms with Crippen molar-refractivity contribution in [2.45, 2.75) is 32.4 Å². The number of carbonyl (C=O) groups is 2. The number of benzene rings is 1. The number of hydrogen-bond acceptors (Lipinski definition) is 4. The first kappa shape index (κ1) is 18.0. The molecule has 0 heterocycles. The fraction of sp³-hybridized carbons (Fsp3) is 0.467. The Bertz CT molecular complexity index is 512. The van der Waals surface area contributed by atoms with Gasteiger partial charge in [0.2, 0.25) is 0 Å². The summed E-state index contributed by atoms with van der Waals surface area (Å²) in [6.07, 6.45) is -5.32. The standard InChI is InChI=1S/C15H17F3O4/c1-11-4-2-5-12(10-11)6-9-22-14(20)13(19)21-8-3-7-15(16,17)18/h2,4-5,10H,3,6-9H2,1H3. The Morgan fingerprint density at radius 2 is 1.73 bits per heavy atom. The molecule has 0 fully saturated rings. The molecule has 0 amide bonds. The van der Waals surface area contributed by atoms with Crippen molar-refractivity contribution >= 4 is 11.9 Å². The summed E-state index contributed by atoms with van der Waals surface area (Å²) in [6.45, 7) is 1.46. The lowest BCUT2D eigenvalue weighted by Crippen LogP contribution is -2.22. The predicted molar refractivity (Wildman–Crippen MR) is 72.1 cm³/mol. The number of alkyl halides is 3. The molecular weight excluding hydrogens is 301 g/mol.